The molecule has 2 heterocycles. The van der Waals surface area contributed by atoms with E-state index >= 15 is 0 Å². The van der Waals surface area contributed by atoms with Crippen molar-refractivity contribution >= 4 is 23.4 Å². The zero-order valence-electron chi connectivity index (χ0n) is 25.3. The van der Waals surface area contributed by atoms with Crippen LogP contribution in [0, 0.1) is 11.8 Å². The summed E-state index contributed by atoms with van der Waals surface area (Å²) in [5, 5.41) is 6.84. The quantitative estimate of drug-likeness (QED) is 0.275. The predicted octanol–water partition coefficient (Wildman–Crippen LogP) is 5.07. The number of para-hydroxylation sites is 1. The maximum atomic E-state index is 14.4. The summed E-state index contributed by atoms with van der Waals surface area (Å²) in [7, 11) is 0. The molecule has 1 spiro atoms. The van der Waals surface area contributed by atoms with E-state index in [1.807, 2.05) is 83.8 Å². The first kappa shape index (κ1) is 29.4. The normalized spacial score (nSPS) is 23.4. The van der Waals surface area contributed by atoms with Gasteiger partial charge in [-0.1, -0.05) is 51.1 Å². The summed E-state index contributed by atoms with van der Waals surface area (Å²) in [5.41, 5.74) is 10.2. The highest BCUT2D eigenvalue weighted by Gasteiger charge is 2.52. The molecule has 0 radical (unpaired) electrons. The lowest BCUT2D eigenvalue weighted by Gasteiger charge is -2.47. The lowest BCUT2D eigenvalue weighted by Crippen LogP contribution is -2.52. The first-order valence-electron chi connectivity index (χ1n) is 15.3. The minimum atomic E-state index is -0.615. The van der Waals surface area contributed by atoms with Gasteiger partial charge in [0.05, 0.1) is 12.6 Å². The number of nitrogens with one attached hydrogen (secondary N) is 4. The molecule has 3 aromatic rings. The molecule has 3 atom stereocenters. The molecule has 2 unspecified atom stereocenters. The van der Waals surface area contributed by atoms with Crippen LogP contribution in [0.4, 0.5) is 0 Å². The maximum absolute atomic E-state index is 14.4. The fourth-order valence-electron chi connectivity index (χ4n) is 6.88. The molecule has 10 heteroatoms. The Morgan fingerprint density at radius 1 is 1.00 bits per heavy atom. The number of rotatable bonds is 9. The number of ether oxygens (including phenoxy) is 1. The minimum Gasteiger partial charge on any atom is -0.457 e. The van der Waals surface area contributed by atoms with Gasteiger partial charge in [-0.15, -0.1) is 10.6 Å². The van der Waals surface area contributed by atoms with Crippen LogP contribution in [-0.2, 0) is 4.79 Å². The second kappa shape index (κ2) is 12.5. The summed E-state index contributed by atoms with van der Waals surface area (Å²) in [5.74, 6) is 2.67. The third-order valence-corrected chi connectivity index (χ3v) is 8.58. The number of hydrazine groups is 2. The number of hydrogen-bond acceptors (Lipinski definition) is 8. The zero-order valence-corrected chi connectivity index (χ0v) is 25.3. The van der Waals surface area contributed by atoms with E-state index in [1.54, 1.807) is 0 Å². The Labute approximate surface area is 257 Å². The molecule has 2 aliphatic heterocycles. The number of carbonyl (C=O) groups excluding carboxylic acids is 2. The Hall–Kier alpha value is -4.70. The second-order valence-electron chi connectivity index (χ2n) is 12.1. The first-order valence-corrected chi connectivity index (χ1v) is 15.3. The van der Waals surface area contributed by atoms with Crippen LogP contribution in [0.1, 0.15) is 74.0 Å². The molecule has 6 rings (SSSR count). The van der Waals surface area contributed by atoms with E-state index < -0.39 is 5.66 Å². The van der Waals surface area contributed by atoms with Gasteiger partial charge in [-0.25, -0.2) is 5.53 Å². The number of benzene rings is 3. The molecule has 1 saturated carbocycles. The van der Waals surface area contributed by atoms with Crippen molar-refractivity contribution in [2.75, 3.05) is 6.54 Å². The van der Waals surface area contributed by atoms with E-state index in [1.165, 1.54) is 0 Å². The number of hydrogen-bond donors (Lipinski definition) is 4. The molecule has 2 amide bonds. The van der Waals surface area contributed by atoms with Crippen molar-refractivity contribution in [2.24, 2.45) is 21.9 Å². The molecule has 4 N–H and O–H groups in total. The third kappa shape index (κ3) is 6.03. The van der Waals surface area contributed by atoms with Crippen LogP contribution in [0.2, 0.25) is 0 Å². The smallest absolute Gasteiger partial charge is 0.275 e. The first-order chi connectivity index (χ1) is 21.3. The van der Waals surface area contributed by atoms with Crippen molar-refractivity contribution in [3.63, 3.8) is 0 Å². The van der Waals surface area contributed by atoms with E-state index in [0.717, 1.165) is 42.6 Å². The number of aliphatic imine (C=N–C) groups is 1. The van der Waals surface area contributed by atoms with Crippen LogP contribution in [0.5, 0.6) is 11.5 Å². The number of hydrazone groups is 1. The van der Waals surface area contributed by atoms with Gasteiger partial charge in [0.1, 0.15) is 22.9 Å². The SMILES string of the molecule is CC[C@H](c1ccc(C(=O)NCC2=NNNN2)cc1)N1C(=O)C(c2ccc(Oc3ccccc3)cc2)=NC12CC(C)CC(C)C2. The van der Waals surface area contributed by atoms with E-state index in [9.17, 15) is 9.59 Å². The molecule has 0 bridgehead atoms. The Kier molecular flexibility index (Phi) is 8.34. The van der Waals surface area contributed by atoms with Gasteiger partial charge in [-0.05, 0) is 91.6 Å². The number of nitrogens with zero attached hydrogens (tertiary/aromatic N) is 3. The molecule has 44 heavy (non-hydrogen) atoms. The van der Waals surface area contributed by atoms with Gasteiger partial charge in [-0.2, -0.15) is 0 Å². The van der Waals surface area contributed by atoms with Crippen LogP contribution in [0.15, 0.2) is 89.0 Å². The molecule has 228 valence electrons. The summed E-state index contributed by atoms with van der Waals surface area (Å²) < 4.78 is 5.98. The topological polar surface area (TPSA) is 119 Å². The van der Waals surface area contributed by atoms with Crippen LogP contribution >= 0.6 is 0 Å². The summed E-state index contributed by atoms with van der Waals surface area (Å²) in [6, 6.07) is 24.6. The number of amidine groups is 1. The minimum absolute atomic E-state index is 0.0521. The van der Waals surface area contributed by atoms with Gasteiger partial charge in [0.2, 0.25) is 0 Å². The van der Waals surface area contributed by atoms with Gasteiger partial charge in [0.25, 0.3) is 11.8 Å². The molecular weight excluding hydrogens is 554 g/mol. The summed E-state index contributed by atoms with van der Waals surface area (Å²) in [6.45, 7) is 6.89. The highest BCUT2D eigenvalue weighted by molar-refractivity contribution is 6.46. The molecule has 10 nitrogen and oxygen atoms in total. The average Bonchev–Trinajstić information content (AvgIpc) is 3.64. The fraction of sp³-hybridized carbons (Fsp3) is 0.353. The van der Waals surface area contributed by atoms with Gasteiger partial charge in [0.15, 0.2) is 5.84 Å². The maximum Gasteiger partial charge on any atom is 0.275 e. The van der Waals surface area contributed by atoms with Crippen molar-refractivity contribution in [3.05, 3.63) is 95.6 Å². The molecule has 1 aliphatic carbocycles. The Balaban J connectivity index is 1.26. The molecule has 0 saturated heterocycles. The largest absolute Gasteiger partial charge is 0.457 e. The van der Waals surface area contributed by atoms with Crippen molar-refractivity contribution in [1.29, 1.82) is 0 Å². The monoisotopic (exact) mass is 593 g/mol. The van der Waals surface area contributed by atoms with E-state index in [4.69, 9.17) is 9.73 Å². The highest BCUT2D eigenvalue weighted by atomic mass is 16.5. The van der Waals surface area contributed by atoms with Gasteiger partial charge in [-0.3, -0.25) is 20.0 Å². The molecule has 1 fully saturated rings. The van der Waals surface area contributed by atoms with E-state index in [2.05, 4.69) is 47.7 Å². The Bertz CT molecular complexity index is 1540. The van der Waals surface area contributed by atoms with Crippen molar-refractivity contribution in [3.8, 4) is 11.5 Å². The van der Waals surface area contributed by atoms with Crippen molar-refractivity contribution < 1.29 is 14.3 Å². The average molecular weight is 594 g/mol. The van der Waals surface area contributed by atoms with Gasteiger partial charge < -0.3 is 15.0 Å². The highest BCUT2D eigenvalue weighted by Crippen LogP contribution is 2.48. The standard InChI is InChI=1S/C34H39N7O3/c1-4-29(24-10-12-26(13-11-24)32(42)35-21-30-37-39-40-38-30)41-33(43)31(36-34(41)19-22(2)18-23(3)20-34)25-14-16-28(17-15-25)44-27-8-6-5-7-9-27/h5-17,22-23,29,39-40H,4,18-21H2,1-3H3,(H,35,42)(H,37,38)/t22?,23?,29-,34?/m1/s1. The summed E-state index contributed by atoms with van der Waals surface area (Å²) >= 11 is 0. The van der Waals surface area contributed by atoms with Crippen molar-refractivity contribution in [1.82, 2.24) is 26.7 Å². The van der Waals surface area contributed by atoms with Crippen LogP contribution in [0.25, 0.3) is 0 Å². The fourth-order valence-corrected chi connectivity index (χ4v) is 6.88. The van der Waals surface area contributed by atoms with E-state index in [-0.39, 0.29) is 24.4 Å². The molecule has 3 aromatic carbocycles. The van der Waals surface area contributed by atoms with Crippen LogP contribution in [-0.4, -0.2) is 40.5 Å². The van der Waals surface area contributed by atoms with E-state index in [0.29, 0.717) is 34.7 Å². The lowest BCUT2D eigenvalue weighted by atomic mass is 9.75. The van der Waals surface area contributed by atoms with Crippen molar-refractivity contribution in [2.45, 2.75) is 58.2 Å². The summed E-state index contributed by atoms with van der Waals surface area (Å²) in [6.07, 6.45) is 3.48. The van der Waals surface area contributed by atoms with Gasteiger partial charge >= 0.3 is 0 Å². The van der Waals surface area contributed by atoms with Crippen LogP contribution in [0.3, 0.4) is 0 Å². The zero-order chi connectivity index (χ0) is 30.7. The van der Waals surface area contributed by atoms with Gasteiger partial charge in [0, 0.05) is 11.1 Å². The second-order valence-corrected chi connectivity index (χ2v) is 12.1. The molecule has 0 aromatic heterocycles. The Morgan fingerprint density at radius 3 is 2.32 bits per heavy atom. The molecule has 3 aliphatic rings. The predicted molar refractivity (Wildman–Crippen MR) is 170 cm³/mol. The number of amides is 2. The molecular formula is C34H39N7O3. The third-order valence-electron chi connectivity index (χ3n) is 8.58. The number of carbonyl (C=O) groups is 2. The van der Waals surface area contributed by atoms with Crippen LogP contribution < -0.4 is 26.5 Å². The lowest BCUT2D eigenvalue weighted by molar-refractivity contribution is -0.134. The summed E-state index contributed by atoms with van der Waals surface area (Å²) in [4.78, 5) is 34.5. The Morgan fingerprint density at radius 2 is 1.68 bits per heavy atom.